The van der Waals surface area contributed by atoms with E-state index in [4.69, 9.17) is 0 Å². The molecule has 0 spiro atoms. The van der Waals surface area contributed by atoms with E-state index >= 15 is 0 Å². The van der Waals surface area contributed by atoms with Gasteiger partial charge in [-0.2, -0.15) is 0 Å². The average Bonchev–Trinajstić information content (AvgIpc) is 1.83. The Hall–Kier alpha value is -0.850. The average molecular weight is 109 g/mol. The van der Waals surface area contributed by atoms with Crippen molar-refractivity contribution in [2.24, 2.45) is 4.99 Å². The Balaban J connectivity index is 3.84. The monoisotopic (exact) mass is 109 g/mol. The smallest absolute Gasteiger partial charge is 0.0394 e. The molecule has 1 nitrogen and oxygen atoms in total. The van der Waals surface area contributed by atoms with Crippen LogP contribution in [-0.2, 0) is 0 Å². The number of aliphatic imine (C=N–C) groups is 1. The van der Waals surface area contributed by atoms with E-state index in [-0.39, 0.29) is 0 Å². The van der Waals surface area contributed by atoms with Crippen molar-refractivity contribution >= 4 is 5.71 Å². The van der Waals surface area contributed by atoms with E-state index < -0.39 is 0 Å². The molecule has 0 aromatic carbocycles. The van der Waals surface area contributed by atoms with Gasteiger partial charge in [0.2, 0.25) is 0 Å². The molecule has 0 amide bonds. The molecule has 0 N–H and O–H groups in total. The summed E-state index contributed by atoms with van der Waals surface area (Å²) in [5.41, 5.74) is 0.986. The van der Waals surface area contributed by atoms with Gasteiger partial charge in [0.25, 0.3) is 0 Å². The Morgan fingerprint density at radius 1 is 1.62 bits per heavy atom. The number of nitrogens with zero attached hydrogens (tertiary/aromatic N) is 1. The maximum Gasteiger partial charge on any atom is 0.0394 e. The van der Waals surface area contributed by atoms with Crippen molar-refractivity contribution in [3.05, 3.63) is 25.4 Å². The van der Waals surface area contributed by atoms with E-state index in [9.17, 15) is 0 Å². The van der Waals surface area contributed by atoms with Gasteiger partial charge in [-0.05, 0) is 12.5 Å². The van der Waals surface area contributed by atoms with Crippen molar-refractivity contribution in [2.45, 2.75) is 13.3 Å². The summed E-state index contributed by atoms with van der Waals surface area (Å²) in [6.45, 7) is 9.06. The van der Waals surface area contributed by atoms with E-state index in [2.05, 4.69) is 18.2 Å². The molecule has 0 saturated carbocycles. The van der Waals surface area contributed by atoms with E-state index in [0.29, 0.717) is 0 Å². The van der Waals surface area contributed by atoms with Crippen molar-refractivity contribution < 1.29 is 0 Å². The third kappa shape index (κ3) is 2.35. The van der Waals surface area contributed by atoms with Gasteiger partial charge in [-0.3, -0.25) is 4.99 Å². The summed E-state index contributed by atoms with van der Waals surface area (Å²) in [7, 11) is 0. The molecule has 0 saturated heterocycles. The predicted molar refractivity (Wildman–Crippen MR) is 38.1 cm³/mol. The fourth-order valence-electron chi connectivity index (χ4n) is 0.406. The summed E-state index contributed by atoms with van der Waals surface area (Å²) < 4.78 is 0. The fraction of sp³-hybridized carbons (Fsp3) is 0.286. The topological polar surface area (TPSA) is 12.4 Å². The third-order valence-corrected chi connectivity index (χ3v) is 0.855. The minimum absolute atomic E-state index is 0.926. The van der Waals surface area contributed by atoms with Gasteiger partial charge < -0.3 is 0 Å². The molecule has 0 fully saturated rings. The Bertz CT molecular complexity index is 112. The second kappa shape index (κ2) is 4.31. The zero-order chi connectivity index (χ0) is 6.41. The zero-order valence-corrected chi connectivity index (χ0v) is 5.22. The molecule has 0 atom stereocenters. The molecule has 0 bridgehead atoms. The number of hydrogen-bond donors (Lipinski definition) is 0. The molecule has 8 heavy (non-hydrogen) atoms. The molecule has 0 rings (SSSR count). The number of rotatable bonds is 3. The molecule has 0 aliphatic heterocycles. The third-order valence-electron chi connectivity index (χ3n) is 0.855. The summed E-state index contributed by atoms with van der Waals surface area (Å²) in [4.78, 5) is 3.92. The van der Waals surface area contributed by atoms with Crippen LogP contribution in [0.25, 0.3) is 0 Å². The molecule has 1 heteroatoms. The minimum Gasteiger partial charge on any atom is -0.262 e. The second-order valence-electron chi connectivity index (χ2n) is 1.36. The highest BCUT2D eigenvalue weighted by Crippen LogP contribution is 1.86. The summed E-state index contributed by atoms with van der Waals surface area (Å²) in [6.07, 6.45) is 4.19. The summed E-state index contributed by atoms with van der Waals surface area (Å²) >= 11 is 0. The molecule has 0 aliphatic rings. The molecule has 44 valence electrons. The van der Waals surface area contributed by atoms with Crippen LogP contribution in [0.3, 0.4) is 0 Å². The Morgan fingerprint density at radius 3 is 2.38 bits per heavy atom. The van der Waals surface area contributed by atoms with Gasteiger partial charge in [0.15, 0.2) is 0 Å². The quantitative estimate of drug-likeness (QED) is 0.492. The normalized spacial score (nSPS) is 10.9. The van der Waals surface area contributed by atoms with Crippen molar-refractivity contribution in [1.29, 1.82) is 0 Å². The van der Waals surface area contributed by atoms with Crippen LogP contribution in [0.4, 0.5) is 0 Å². The van der Waals surface area contributed by atoms with Crippen LogP contribution >= 0.6 is 0 Å². The first-order valence-electron chi connectivity index (χ1n) is 2.65. The highest BCUT2D eigenvalue weighted by atomic mass is 14.7. The van der Waals surface area contributed by atoms with E-state index in [0.717, 1.165) is 12.1 Å². The van der Waals surface area contributed by atoms with Crippen molar-refractivity contribution in [3.63, 3.8) is 0 Å². The summed E-state index contributed by atoms with van der Waals surface area (Å²) in [6, 6.07) is 0. The van der Waals surface area contributed by atoms with Crippen LogP contribution in [-0.4, -0.2) is 5.71 Å². The van der Waals surface area contributed by atoms with E-state index in [1.54, 1.807) is 6.08 Å². The Morgan fingerprint density at radius 2 is 2.25 bits per heavy atom. The lowest BCUT2D eigenvalue weighted by Gasteiger charge is -1.87. The van der Waals surface area contributed by atoms with Gasteiger partial charge >= 0.3 is 0 Å². The van der Waals surface area contributed by atoms with E-state index in [1.165, 1.54) is 6.20 Å². The zero-order valence-electron chi connectivity index (χ0n) is 5.22. The summed E-state index contributed by atoms with van der Waals surface area (Å²) in [5.74, 6) is 0. The number of hydrogen-bond acceptors (Lipinski definition) is 1. The second-order valence-corrected chi connectivity index (χ2v) is 1.36. The first kappa shape index (κ1) is 7.15. The maximum absolute atomic E-state index is 3.92. The lowest BCUT2D eigenvalue weighted by molar-refractivity contribution is 1.28. The molecule has 0 aromatic heterocycles. The standard InChI is InChI=1S/C7H11N/c1-4-7(5-2)8-6-3/h4,6H,1,3,5H2,2H3/b8-7+. The minimum atomic E-state index is 0.926. The van der Waals surface area contributed by atoms with Gasteiger partial charge in [-0.15, -0.1) is 0 Å². The fourth-order valence-corrected chi connectivity index (χ4v) is 0.406. The van der Waals surface area contributed by atoms with E-state index in [1.807, 2.05) is 6.92 Å². The maximum atomic E-state index is 3.92. The van der Waals surface area contributed by atoms with Gasteiger partial charge in [-0.1, -0.05) is 20.1 Å². The SMILES string of the molecule is C=C/N=C(\C=C)CC. The lowest BCUT2D eigenvalue weighted by atomic mass is 10.3. The molecule has 0 aliphatic carbocycles. The Labute approximate surface area is 50.4 Å². The lowest BCUT2D eigenvalue weighted by Crippen LogP contribution is -1.85. The van der Waals surface area contributed by atoms with Crippen molar-refractivity contribution in [3.8, 4) is 0 Å². The highest BCUT2D eigenvalue weighted by molar-refractivity contribution is 5.94. The van der Waals surface area contributed by atoms with Crippen LogP contribution in [0.1, 0.15) is 13.3 Å². The van der Waals surface area contributed by atoms with Gasteiger partial charge in [0.1, 0.15) is 0 Å². The molecule has 0 heterocycles. The van der Waals surface area contributed by atoms with Crippen LogP contribution in [0.5, 0.6) is 0 Å². The van der Waals surface area contributed by atoms with Crippen LogP contribution in [0, 0.1) is 0 Å². The number of allylic oxidation sites excluding steroid dienone is 1. The molecular weight excluding hydrogens is 98.1 g/mol. The Kier molecular flexibility index (Phi) is 3.85. The predicted octanol–water partition coefficient (Wildman–Crippen LogP) is 2.17. The molecular formula is C7H11N. The largest absolute Gasteiger partial charge is 0.262 e. The molecule has 0 aromatic rings. The van der Waals surface area contributed by atoms with Gasteiger partial charge in [0, 0.05) is 11.9 Å². The van der Waals surface area contributed by atoms with Crippen molar-refractivity contribution in [1.82, 2.24) is 0 Å². The molecule has 0 radical (unpaired) electrons. The van der Waals surface area contributed by atoms with Gasteiger partial charge in [-0.25, -0.2) is 0 Å². The summed E-state index contributed by atoms with van der Waals surface area (Å²) in [5, 5.41) is 0. The van der Waals surface area contributed by atoms with Crippen molar-refractivity contribution in [2.75, 3.05) is 0 Å². The molecule has 0 unspecified atom stereocenters. The van der Waals surface area contributed by atoms with Crippen LogP contribution in [0.2, 0.25) is 0 Å². The first-order chi connectivity index (χ1) is 3.85. The van der Waals surface area contributed by atoms with Gasteiger partial charge in [0.05, 0.1) is 0 Å². The van der Waals surface area contributed by atoms with Crippen LogP contribution < -0.4 is 0 Å². The van der Waals surface area contributed by atoms with Crippen LogP contribution in [0.15, 0.2) is 30.4 Å². The first-order valence-corrected chi connectivity index (χ1v) is 2.65. The highest BCUT2D eigenvalue weighted by Gasteiger charge is 1.81.